The fourth-order valence-corrected chi connectivity index (χ4v) is 2.39. The molecule has 5 heteroatoms. The van der Waals surface area contributed by atoms with Gasteiger partial charge in [-0.15, -0.1) is 0 Å². The van der Waals surface area contributed by atoms with Crippen LogP contribution >= 0.6 is 15.9 Å². The molecule has 2 aliphatic heterocycles. The van der Waals surface area contributed by atoms with E-state index >= 15 is 0 Å². The molecule has 0 bridgehead atoms. The van der Waals surface area contributed by atoms with Crippen LogP contribution in [0.1, 0.15) is 19.8 Å². The maximum atomic E-state index is 11.7. The van der Waals surface area contributed by atoms with E-state index in [1.54, 1.807) is 0 Å². The van der Waals surface area contributed by atoms with Crippen LogP contribution in [0.2, 0.25) is 0 Å². The molecule has 2 heterocycles. The van der Waals surface area contributed by atoms with Gasteiger partial charge in [0.1, 0.15) is 0 Å². The second-order valence-electron chi connectivity index (χ2n) is 4.05. The summed E-state index contributed by atoms with van der Waals surface area (Å²) < 4.78 is 11.2. The Bertz CT molecular complexity index is 241. The normalized spacial score (nSPS) is 26.9. The minimum absolute atomic E-state index is 0.100. The van der Waals surface area contributed by atoms with Crippen LogP contribution in [0.5, 0.6) is 0 Å². The van der Waals surface area contributed by atoms with Gasteiger partial charge in [0.2, 0.25) is 5.91 Å². The van der Waals surface area contributed by atoms with E-state index in [1.807, 2.05) is 11.8 Å². The molecule has 0 aromatic heterocycles. The molecule has 2 rings (SSSR count). The summed E-state index contributed by atoms with van der Waals surface area (Å²) in [6, 6.07) is 0. The van der Waals surface area contributed by atoms with Gasteiger partial charge in [0.25, 0.3) is 0 Å². The summed E-state index contributed by atoms with van der Waals surface area (Å²) in [5.41, 5.74) is 0. The maximum absolute atomic E-state index is 11.7. The minimum Gasteiger partial charge on any atom is -0.347 e. The molecule has 1 amide bonds. The Kier molecular flexibility index (Phi) is 3.33. The van der Waals surface area contributed by atoms with Crippen LogP contribution in [0.15, 0.2) is 0 Å². The standard InChI is InChI=1S/C10H16BrNO3/c1-8(11)9(13)12-4-2-10(3-5-12)14-6-7-15-10/h8H,2-7H2,1H3. The number of alkyl halides is 1. The molecule has 0 radical (unpaired) electrons. The largest absolute Gasteiger partial charge is 0.347 e. The molecular weight excluding hydrogens is 262 g/mol. The van der Waals surface area contributed by atoms with Gasteiger partial charge in [0.05, 0.1) is 18.0 Å². The lowest BCUT2D eigenvalue weighted by Crippen LogP contribution is -2.48. The molecule has 1 spiro atoms. The Morgan fingerprint density at radius 1 is 1.33 bits per heavy atom. The number of nitrogens with zero attached hydrogens (tertiary/aromatic N) is 1. The van der Waals surface area contributed by atoms with Crippen molar-refractivity contribution in [2.24, 2.45) is 0 Å². The van der Waals surface area contributed by atoms with Crippen LogP contribution in [-0.4, -0.2) is 47.7 Å². The Morgan fingerprint density at radius 3 is 2.33 bits per heavy atom. The lowest BCUT2D eigenvalue weighted by atomic mass is 10.0. The monoisotopic (exact) mass is 277 g/mol. The molecule has 2 fully saturated rings. The molecule has 15 heavy (non-hydrogen) atoms. The Hall–Kier alpha value is -0.130. The quantitative estimate of drug-likeness (QED) is 0.675. The number of halogens is 1. The van der Waals surface area contributed by atoms with E-state index in [4.69, 9.17) is 9.47 Å². The zero-order valence-corrected chi connectivity index (χ0v) is 10.5. The van der Waals surface area contributed by atoms with Gasteiger partial charge in [-0.05, 0) is 6.92 Å². The van der Waals surface area contributed by atoms with E-state index in [1.165, 1.54) is 0 Å². The predicted molar refractivity (Wildman–Crippen MR) is 58.8 cm³/mol. The van der Waals surface area contributed by atoms with E-state index in [-0.39, 0.29) is 16.5 Å². The van der Waals surface area contributed by atoms with Crippen molar-refractivity contribution in [3.8, 4) is 0 Å². The van der Waals surface area contributed by atoms with Crippen molar-refractivity contribution >= 4 is 21.8 Å². The predicted octanol–water partition coefficient (Wildman–Crippen LogP) is 1.14. The van der Waals surface area contributed by atoms with Gasteiger partial charge in [-0.1, -0.05) is 15.9 Å². The van der Waals surface area contributed by atoms with Crippen LogP contribution < -0.4 is 0 Å². The highest BCUT2D eigenvalue weighted by atomic mass is 79.9. The molecule has 2 saturated heterocycles. The molecule has 1 atom stereocenters. The summed E-state index contributed by atoms with van der Waals surface area (Å²) in [6.07, 6.45) is 1.58. The summed E-state index contributed by atoms with van der Waals surface area (Å²) in [6.45, 7) is 4.68. The number of hydrogen-bond acceptors (Lipinski definition) is 3. The average molecular weight is 278 g/mol. The van der Waals surface area contributed by atoms with Crippen LogP contribution in [0.3, 0.4) is 0 Å². The third-order valence-electron chi connectivity index (χ3n) is 2.99. The second-order valence-corrected chi connectivity index (χ2v) is 5.42. The van der Waals surface area contributed by atoms with Crippen LogP contribution in [-0.2, 0) is 14.3 Å². The number of rotatable bonds is 1. The SMILES string of the molecule is CC(Br)C(=O)N1CCC2(CC1)OCCO2. The van der Waals surface area contributed by atoms with Gasteiger partial charge < -0.3 is 14.4 Å². The zero-order chi connectivity index (χ0) is 10.9. The fourth-order valence-electron chi connectivity index (χ4n) is 2.11. The first kappa shape index (κ1) is 11.4. The third-order valence-corrected chi connectivity index (χ3v) is 3.38. The molecule has 4 nitrogen and oxygen atoms in total. The van der Waals surface area contributed by atoms with Crippen LogP contribution in [0.25, 0.3) is 0 Å². The number of carbonyl (C=O) groups is 1. The minimum atomic E-state index is -0.383. The van der Waals surface area contributed by atoms with Gasteiger partial charge in [-0.3, -0.25) is 4.79 Å². The molecule has 86 valence electrons. The van der Waals surface area contributed by atoms with Crippen molar-refractivity contribution < 1.29 is 14.3 Å². The highest BCUT2D eigenvalue weighted by Crippen LogP contribution is 2.31. The van der Waals surface area contributed by atoms with Gasteiger partial charge in [0.15, 0.2) is 5.79 Å². The van der Waals surface area contributed by atoms with E-state index < -0.39 is 0 Å². The van der Waals surface area contributed by atoms with Crippen molar-refractivity contribution in [1.29, 1.82) is 0 Å². The number of likely N-dealkylation sites (tertiary alicyclic amines) is 1. The third kappa shape index (κ3) is 2.34. The second kappa shape index (κ2) is 4.39. The Morgan fingerprint density at radius 2 is 1.87 bits per heavy atom. The van der Waals surface area contributed by atoms with Gasteiger partial charge in [-0.2, -0.15) is 0 Å². The molecule has 2 aliphatic rings. The average Bonchev–Trinajstić information content (AvgIpc) is 2.67. The van der Waals surface area contributed by atoms with Crippen molar-refractivity contribution in [2.75, 3.05) is 26.3 Å². The number of amides is 1. The van der Waals surface area contributed by atoms with E-state index in [2.05, 4.69) is 15.9 Å². The van der Waals surface area contributed by atoms with Crippen molar-refractivity contribution in [3.05, 3.63) is 0 Å². The molecule has 1 unspecified atom stereocenters. The lowest BCUT2D eigenvalue weighted by molar-refractivity contribution is -0.187. The first-order chi connectivity index (χ1) is 7.13. The number of piperidine rings is 1. The smallest absolute Gasteiger partial charge is 0.236 e. The summed E-state index contributed by atoms with van der Waals surface area (Å²) in [4.78, 5) is 13.5. The van der Waals surface area contributed by atoms with E-state index in [0.717, 1.165) is 25.9 Å². The van der Waals surface area contributed by atoms with Crippen molar-refractivity contribution in [3.63, 3.8) is 0 Å². The molecule has 0 saturated carbocycles. The lowest BCUT2D eigenvalue weighted by Gasteiger charge is -2.38. The van der Waals surface area contributed by atoms with E-state index in [0.29, 0.717) is 13.2 Å². The molecular formula is C10H16BrNO3. The van der Waals surface area contributed by atoms with Crippen molar-refractivity contribution in [2.45, 2.75) is 30.4 Å². The van der Waals surface area contributed by atoms with Gasteiger partial charge in [-0.25, -0.2) is 0 Å². The highest BCUT2D eigenvalue weighted by molar-refractivity contribution is 9.10. The summed E-state index contributed by atoms with van der Waals surface area (Å²) in [7, 11) is 0. The molecule has 0 aromatic rings. The van der Waals surface area contributed by atoms with Gasteiger partial charge >= 0.3 is 0 Å². The topological polar surface area (TPSA) is 38.8 Å². The summed E-state index contributed by atoms with van der Waals surface area (Å²) in [5, 5.41) is 0. The van der Waals surface area contributed by atoms with Crippen LogP contribution in [0.4, 0.5) is 0 Å². The molecule has 0 aromatic carbocycles. The van der Waals surface area contributed by atoms with Gasteiger partial charge in [0, 0.05) is 25.9 Å². The maximum Gasteiger partial charge on any atom is 0.236 e. The summed E-state index contributed by atoms with van der Waals surface area (Å²) >= 11 is 3.30. The Balaban J connectivity index is 1.89. The van der Waals surface area contributed by atoms with Crippen molar-refractivity contribution in [1.82, 2.24) is 4.90 Å². The highest BCUT2D eigenvalue weighted by Gasteiger charge is 2.40. The number of ether oxygens (including phenoxy) is 2. The summed E-state index contributed by atoms with van der Waals surface area (Å²) in [5.74, 6) is -0.227. The first-order valence-electron chi connectivity index (χ1n) is 5.34. The fraction of sp³-hybridized carbons (Fsp3) is 0.900. The number of carbonyl (C=O) groups excluding carboxylic acids is 1. The molecule has 0 aliphatic carbocycles. The van der Waals surface area contributed by atoms with E-state index in [9.17, 15) is 4.79 Å². The zero-order valence-electron chi connectivity index (χ0n) is 8.87. The first-order valence-corrected chi connectivity index (χ1v) is 6.25. The molecule has 0 N–H and O–H groups in total. The number of hydrogen-bond donors (Lipinski definition) is 0. The van der Waals surface area contributed by atoms with Crippen LogP contribution in [0, 0.1) is 0 Å². The Labute approximate surface area is 98.0 Å².